The molecular formula is C32H37NO7. The normalized spacial score (nSPS) is 15.9. The van der Waals surface area contributed by atoms with Gasteiger partial charge in [0, 0.05) is 18.6 Å². The van der Waals surface area contributed by atoms with Crippen LogP contribution in [0, 0.1) is 18.8 Å². The topological polar surface area (TPSA) is 106 Å². The molecule has 0 saturated carbocycles. The second-order valence-corrected chi connectivity index (χ2v) is 10.5. The fourth-order valence-corrected chi connectivity index (χ4v) is 4.96. The molecule has 0 spiro atoms. The SMILES string of the molecule is Cc1cccc(-c2cc(C(=O)[C@@H](Cc3ccccc3)C(=O)N3C(=O)OC[C@@H]3C(C)C)oc2CCCOCCO)c1. The molecule has 8 heteroatoms. The first kappa shape index (κ1) is 29.2. The van der Waals surface area contributed by atoms with Gasteiger partial charge in [0.25, 0.3) is 0 Å². The van der Waals surface area contributed by atoms with Crippen LogP contribution in [-0.2, 0) is 27.1 Å². The Hall–Kier alpha value is -3.75. The first-order chi connectivity index (χ1) is 19.3. The molecule has 1 N–H and O–H groups in total. The summed E-state index contributed by atoms with van der Waals surface area (Å²) < 4.78 is 16.8. The summed E-state index contributed by atoms with van der Waals surface area (Å²) in [7, 11) is 0. The van der Waals surface area contributed by atoms with Gasteiger partial charge in [-0.05, 0) is 42.9 Å². The van der Waals surface area contributed by atoms with E-state index in [1.807, 2.05) is 75.4 Å². The maximum absolute atomic E-state index is 14.1. The molecule has 0 radical (unpaired) electrons. The lowest BCUT2D eigenvalue weighted by atomic mass is 9.91. The number of amides is 2. The number of hydrogen-bond acceptors (Lipinski definition) is 7. The Morgan fingerprint density at radius 1 is 1.07 bits per heavy atom. The van der Waals surface area contributed by atoms with E-state index in [0.717, 1.165) is 27.2 Å². The van der Waals surface area contributed by atoms with Crippen LogP contribution in [0.4, 0.5) is 4.79 Å². The number of aryl methyl sites for hydroxylation is 2. The van der Waals surface area contributed by atoms with Crippen molar-refractivity contribution in [2.75, 3.05) is 26.4 Å². The first-order valence-corrected chi connectivity index (χ1v) is 13.8. The van der Waals surface area contributed by atoms with Gasteiger partial charge in [-0.15, -0.1) is 0 Å². The van der Waals surface area contributed by atoms with Crippen molar-refractivity contribution >= 4 is 17.8 Å². The predicted octanol–water partition coefficient (Wildman–Crippen LogP) is 5.24. The second kappa shape index (κ2) is 13.5. The smallest absolute Gasteiger partial charge is 0.417 e. The van der Waals surface area contributed by atoms with Gasteiger partial charge in [-0.3, -0.25) is 9.59 Å². The molecule has 40 heavy (non-hydrogen) atoms. The molecule has 1 aliphatic heterocycles. The van der Waals surface area contributed by atoms with Crippen molar-refractivity contribution in [3.8, 4) is 11.1 Å². The summed E-state index contributed by atoms with van der Waals surface area (Å²) in [6.45, 7) is 6.57. The van der Waals surface area contributed by atoms with Gasteiger partial charge >= 0.3 is 6.09 Å². The molecule has 212 valence electrons. The van der Waals surface area contributed by atoms with Crippen LogP contribution >= 0.6 is 0 Å². The minimum atomic E-state index is -1.16. The summed E-state index contributed by atoms with van der Waals surface area (Å²) in [5.41, 5.74) is 3.55. The third kappa shape index (κ3) is 6.87. The fraction of sp³-hybridized carbons (Fsp3) is 0.406. The van der Waals surface area contributed by atoms with Crippen LogP contribution in [-0.4, -0.2) is 60.3 Å². The number of ether oxygens (including phenoxy) is 2. The average Bonchev–Trinajstić information content (AvgIpc) is 3.55. The van der Waals surface area contributed by atoms with Crippen LogP contribution in [0.3, 0.4) is 0 Å². The fourth-order valence-electron chi connectivity index (χ4n) is 4.96. The highest BCUT2D eigenvalue weighted by atomic mass is 16.6. The number of Topliss-reactive ketones (excluding diaryl/α,β-unsaturated/α-hetero) is 1. The molecule has 2 aromatic carbocycles. The minimum Gasteiger partial charge on any atom is -0.457 e. The molecule has 8 nitrogen and oxygen atoms in total. The van der Waals surface area contributed by atoms with E-state index in [4.69, 9.17) is 19.0 Å². The van der Waals surface area contributed by atoms with Crippen molar-refractivity contribution in [3.05, 3.63) is 83.3 Å². The van der Waals surface area contributed by atoms with Crippen LogP contribution in [0.5, 0.6) is 0 Å². The molecule has 0 unspecified atom stereocenters. The number of benzene rings is 2. The highest BCUT2D eigenvalue weighted by molar-refractivity contribution is 6.12. The number of aliphatic hydroxyl groups is 1. The highest BCUT2D eigenvalue weighted by Crippen LogP contribution is 2.32. The van der Waals surface area contributed by atoms with E-state index in [0.29, 0.717) is 25.2 Å². The Balaban J connectivity index is 1.69. The molecule has 1 aromatic heterocycles. The van der Waals surface area contributed by atoms with E-state index in [9.17, 15) is 14.4 Å². The van der Waals surface area contributed by atoms with Gasteiger partial charge in [-0.25, -0.2) is 9.69 Å². The first-order valence-electron chi connectivity index (χ1n) is 13.8. The van der Waals surface area contributed by atoms with Crippen molar-refractivity contribution in [1.82, 2.24) is 4.90 Å². The lowest BCUT2D eigenvalue weighted by Crippen LogP contribution is -2.47. The van der Waals surface area contributed by atoms with Crippen LogP contribution in [0.2, 0.25) is 0 Å². The molecule has 0 aliphatic carbocycles. The number of nitrogens with zero attached hydrogens (tertiary/aromatic N) is 1. The van der Waals surface area contributed by atoms with Crippen molar-refractivity contribution < 1.29 is 33.4 Å². The van der Waals surface area contributed by atoms with Gasteiger partial charge in [-0.2, -0.15) is 0 Å². The molecule has 1 aliphatic rings. The number of carbonyl (C=O) groups excluding carboxylic acids is 3. The van der Waals surface area contributed by atoms with Gasteiger partial charge in [0.15, 0.2) is 5.76 Å². The van der Waals surface area contributed by atoms with Crippen LogP contribution < -0.4 is 0 Å². The van der Waals surface area contributed by atoms with E-state index >= 15 is 0 Å². The monoisotopic (exact) mass is 547 g/mol. The largest absolute Gasteiger partial charge is 0.457 e. The maximum atomic E-state index is 14.1. The molecule has 1 fully saturated rings. The molecule has 2 amide bonds. The Kier molecular flexibility index (Phi) is 9.90. The number of ketones is 1. The zero-order valence-corrected chi connectivity index (χ0v) is 23.3. The summed E-state index contributed by atoms with van der Waals surface area (Å²) >= 11 is 0. The summed E-state index contributed by atoms with van der Waals surface area (Å²) in [5.74, 6) is -1.56. The number of cyclic esters (lactones) is 1. The molecule has 3 aromatic rings. The van der Waals surface area contributed by atoms with E-state index in [-0.39, 0.29) is 37.9 Å². The molecule has 2 heterocycles. The van der Waals surface area contributed by atoms with Crippen molar-refractivity contribution in [1.29, 1.82) is 0 Å². The molecule has 2 atom stereocenters. The summed E-state index contributed by atoms with van der Waals surface area (Å²) in [5, 5.41) is 8.97. The standard InChI is InChI=1S/C32H37NO7/c1-21(2)27-20-39-32(37)33(27)31(36)26(18-23-10-5-4-6-11-23)30(35)29-19-25(24-12-7-9-22(3)17-24)28(40-29)13-8-15-38-16-14-34/h4-7,9-12,17,19,21,26-27,34H,8,13-16,18,20H2,1-3H3/t26-,27-/m1/s1. The van der Waals surface area contributed by atoms with E-state index < -0.39 is 29.7 Å². The van der Waals surface area contributed by atoms with Crippen molar-refractivity contribution in [2.24, 2.45) is 11.8 Å². The van der Waals surface area contributed by atoms with Crippen LogP contribution in [0.1, 0.15) is 47.7 Å². The van der Waals surface area contributed by atoms with Crippen molar-refractivity contribution in [3.63, 3.8) is 0 Å². The van der Waals surface area contributed by atoms with E-state index in [2.05, 4.69) is 0 Å². The van der Waals surface area contributed by atoms with Gasteiger partial charge in [-0.1, -0.05) is 74.0 Å². The van der Waals surface area contributed by atoms with Gasteiger partial charge in [0.2, 0.25) is 11.7 Å². The van der Waals surface area contributed by atoms with Gasteiger partial charge < -0.3 is 19.0 Å². The zero-order chi connectivity index (χ0) is 28.6. The Labute approximate surface area is 234 Å². The summed E-state index contributed by atoms with van der Waals surface area (Å²) in [4.78, 5) is 41.7. The lowest BCUT2D eigenvalue weighted by Gasteiger charge is -2.26. The summed E-state index contributed by atoms with van der Waals surface area (Å²) in [6, 6.07) is 18.4. The Bertz CT molecular complexity index is 1310. The summed E-state index contributed by atoms with van der Waals surface area (Å²) in [6.07, 6.45) is 0.533. The Morgan fingerprint density at radius 2 is 1.85 bits per heavy atom. The van der Waals surface area contributed by atoms with Gasteiger partial charge in [0.05, 0.1) is 19.3 Å². The average molecular weight is 548 g/mol. The second-order valence-electron chi connectivity index (χ2n) is 10.5. The number of imide groups is 1. The number of rotatable bonds is 13. The minimum absolute atomic E-state index is 0.0286. The number of carbonyl (C=O) groups is 3. The van der Waals surface area contributed by atoms with Crippen molar-refractivity contribution in [2.45, 2.75) is 46.1 Å². The van der Waals surface area contributed by atoms with E-state index in [1.54, 1.807) is 6.07 Å². The molecule has 1 saturated heterocycles. The maximum Gasteiger partial charge on any atom is 0.417 e. The number of aliphatic hydroxyl groups excluding tert-OH is 1. The van der Waals surface area contributed by atoms with Crippen LogP contribution in [0.15, 0.2) is 65.1 Å². The lowest BCUT2D eigenvalue weighted by molar-refractivity contribution is -0.132. The third-order valence-corrected chi connectivity index (χ3v) is 7.12. The van der Waals surface area contributed by atoms with Crippen LogP contribution in [0.25, 0.3) is 11.1 Å². The Morgan fingerprint density at radius 3 is 2.55 bits per heavy atom. The number of hydrogen-bond donors (Lipinski definition) is 1. The zero-order valence-electron chi connectivity index (χ0n) is 23.3. The highest BCUT2D eigenvalue weighted by Gasteiger charge is 2.44. The molecular weight excluding hydrogens is 510 g/mol. The predicted molar refractivity (Wildman–Crippen MR) is 150 cm³/mol. The molecule has 0 bridgehead atoms. The quantitative estimate of drug-likeness (QED) is 0.177. The third-order valence-electron chi connectivity index (χ3n) is 7.12. The van der Waals surface area contributed by atoms with E-state index in [1.165, 1.54) is 0 Å². The molecule has 4 rings (SSSR count). The van der Waals surface area contributed by atoms with Gasteiger partial charge in [0.1, 0.15) is 18.3 Å². The number of furan rings is 1.